The van der Waals surface area contributed by atoms with Gasteiger partial charge in [0.15, 0.2) is 5.76 Å². The van der Waals surface area contributed by atoms with Crippen molar-refractivity contribution >= 4 is 16.7 Å². The number of unbranched alkanes of at least 4 members (excludes halogenated alkanes) is 2. The zero-order valence-corrected chi connectivity index (χ0v) is 21.5. The standard InChI is InChI=1S/C28H38N4O3/c1-5-22(33)9-7-6-8-10-24(29-15-20-17-32(3)18-20)28-30-16-27(35-28)23-13-21-12-11-19(2)31-25(21)14-26(23)34-4/h11-14,16,20,24,29H,5-10,15,17-18H2,1-4H3. The molecule has 3 aromatic rings. The lowest BCUT2D eigenvalue weighted by molar-refractivity contribution is -0.118. The van der Waals surface area contributed by atoms with Gasteiger partial charge in [-0.15, -0.1) is 0 Å². The summed E-state index contributed by atoms with van der Waals surface area (Å²) in [6.45, 7) is 7.11. The molecular formula is C28H38N4O3. The Morgan fingerprint density at radius 1 is 1.26 bits per heavy atom. The Balaban J connectivity index is 1.49. The van der Waals surface area contributed by atoms with Gasteiger partial charge in [-0.25, -0.2) is 4.98 Å². The summed E-state index contributed by atoms with van der Waals surface area (Å²) in [4.78, 5) is 23.2. The molecule has 4 rings (SSSR count). The molecule has 0 spiro atoms. The molecule has 7 heteroatoms. The molecule has 1 aliphatic rings. The van der Waals surface area contributed by atoms with Crippen LogP contribution in [0.3, 0.4) is 0 Å². The fourth-order valence-electron chi connectivity index (χ4n) is 4.79. The number of likely N-dealkylation sites (tertiary alicyclic amines) is 1. The van der Waals surface area contributed by atoms with Crippen LogP contribution in [0.1, 0.15) is 63.1 Å². The molecule has 2 aromatic heterocycles. The molecule has 3 heterocycles. The number of carbonyl (C=O) groups is 1. The molecule has 188 valence electrons. The third-order valence-corrected chi connectivity index (χ3v) is 6.87. The first-order valence-electron chi connectivity index (χ1n) is 12.8. The average Bonchev–Trinajstić information content (AvgIpc) is 3.33. The predicted molar refractivity (Wildman–Crippen MR) is 139 cm³/mol. The topological polar surface area (TPSA) is 80.5 Å². The van der Waals surface area contributed by atoms with Crippen LogP contribution in [0.4, 0.5) is 0 Å². The van der Waals surface area contributed by atoms with Gasteiger partial charge in [0.1, 0.15) is 11.5 Å². The number of nitrogens with zero attached hydrogens (tertiary/aromatic N) is 3. The summed E-state index contributed by atoms with van der Waals surface area (Å²) >= 11 is 0. The summed E-state index contributed by atoms with van der Waals surface area (Å²) in [5.41, 5.74) is 2.75. The number of aromatic nitrogens is 2. The maximum Gasteiger partial charge on any atom is 0.212 e. The van der Waals surface area contributed by atoms with Crippen molar-refractivity contribution in [2.24, 2.45) is 5.92 Å². The van der Waals surface area contributed by atoms with Gasteiger partial charge in [0, 0.05) is 49.6 Å². The van der Waals surface area contributed by atoms with Gasteiger partial charge >= 0.3 is 0 Å². The molecule has 0 radical (unpaired) electrons. The van der Waals surface area contributed by atoms with Gasteiger partial charge in [-0.1, -0.05) is 25.8 Å². The number of rotatable bonds is 13. The van der Waals surface area contributed by atoms with Crippen LogP contribution in [0.25, 0.3) is 22.2 Å². The molecular weight excluding hydrogens is 440 g/mol. The summed E-state index contributed by atoms with van der Waals surface area (Å²) in [5.74, 6) is 3.14. The van der Waals surface area contributed by atoms with Crippen molar-refractivity contribution in [3.63, 3.8) is 0 Å². The highest BCUT2D eigenvalue weighted by Crippen LogP contribution is 2.35. The first kappa shape index (κ1) is 25.3. The van der Waals surface area contributed by atoms with Crippen LogP contribution in [0.15, 0.2) is 34.9 Å². The second-order valence-electron chi connectivity index (χ2n) is 9.80. The van der Waals surface area contributed by atoms with Crippen molar-refractivity contribution in [3.05, 3.63) is 42.0 Å². The monoisotopic (exact) mass is 478 g/mol. The predicted octanol–water partition coefficient (Wildman–Crippen LogP) is 5.33. The highest BCUT2D eigenvalue weighted by Gasteiger charge is 2.26. The van der Waals surface area contributed by atoms with Gasteiger partial charge in [-0.2, -0.15) is 0 Å². The van der Waals surface area contributed by atoms with Gasteiger partial charge < -0.3 is 19.4 Å². The number of Topliss-reactive ketones (excluding diaryl/α,β-unsaturated/α-hetero) is 1. The molecule has 0 saturated carbocycles. The second-order valence-corrected chi connectivity index (χ2v) is 9.80. The fraction of sp³-hybridized carbons (Fsp3) is 0.536. The van der Waals surface area contributed by atoms with Gasteiger partial charge in [0.05, 0.1) is 30.4 Å². The molecule has 0 bridgehead atoms. The highest BCUT2D eigenvalue weighted by molar-refractivity contribution is 5.87. The number of nitrogens with one attached hydrogen (secondary N) is 1. The van der Waals surface area contributed by atoms with Gasteiger partial charge in [0.2, 0.25) is 5.89 Å². The summed E-state index contributed by atoms with van der Waals surface area (Å²) in [5, 5.41) is 4.74. The largest absolute Gasteiger partial charge is 0.496 e. The molecule has 0 amide bonds. The Bertz CT molecular complexity index is 1140. The van der Waals surface area contributed by atoms with Crippen molar-refractivity contribution < 1.29 is 13.9 Å². The quantitative estimate of drug-likeness (QED) is 0.333. The van der Waals surface area contributed by atoms with Gasteiger partial charge in [0.25, 0.3) is 0 Å². The van der Waals surface area contributed by atoms with Crippen LogP contribution in [-0.4, -0.2) is 54.4 Å². The van der Waals surface area contributed by atoms with Crippen LogP contribution in [0.5, 0.6) is 5.75 Å². The minimum absolute atomic E-state index is 0.0484. The lowest BCUT2D eigenvalue weighted by atomic mass is 10.00. The third-order valence-electron chi connectivity index (χ3n) is 6.87. The van der Waals surface area contributed by atoms with Crippen LogP contribution >= 0.6 is 0 Å². The van der Waals surface area contributed by atoms with E-state index in [0.717, 1.165) is 73.2 Å². The van der Waals surface area contributed by atoms with Gasteiger partial charge in [-0.3, -0.25) is 9.78 Å². The first-order chi connectivity index (χ1) is 17.0. The van der Waals surface area contributed by atoms with E-state index in [-0.39, 0.29) is 6.04 Å². The van der Waals surface area contributed by atoms with Crippen LogP contribution in [0.2, 0.25) is 0 Å². The minimum atomic E-state index is 0.0484. The van der Waals surface area contributed by atoms with E-state index in [1.807, 2.05) is 26.0 Å². The van der Waals surface area contributed by atoms with E-state index >= 15 is 0 Å². The van der Waals surface area contributed by atoms with Crippen molar-refractivity contribution in [2.75, 3.05) is 33.8 Å². The molecule has 7 nitrogen and oxygen atoms in total. The maximum absolute atomic E-state index is 11.6. The maximum atomic E-state index is 11.6. The Morgan fingerprint density at radius 3 is 2.83 bits per heavy atom. The summed E-state index contributed by atoms with van der Waals surface area (Å²) in [6.07, 6.45) is 7.06. The van der Waals surface area contributed by atoms with Crippen molar-refractivity contribution in [1.82, 2.24) is 20.2 Å². The molecule has 1 aromatic carbocycles. The summed E-state index contributed by atoms with van der Waals surface area (Å²) in [7, 11) is 3.82. The number of hydrogen-bond acceptors (Lipinski definition) is 7. The Morgan fingerprint density at radius 2 is 2.09 bits per heavy atom. The second kappa shape index (κ2) is 11.8. The number of aryl methyl sites for hydroxylation is 1. The van der Waals surface area contributed by atoms with E-state index in [4.69, 9.17) is 9.15 Å². The number of fused-ring (bicyclic) bond motifs is 1. The number of pyridine rings is 1. The van der Waals surface area contributed by atoms with E-state index in [0.29, 0.717) is 36.2 Å². The van der Waals surface area contributed by atoms with Crippen molar-refractivity contribution in [1.29, 1.82) is 0 Å². The third kappa shape index (κ3) is 6.47. The molecule has 1 unspecified atom stereocenters. The molecule has 1 aliphatic heterocycles. The number of ketones is 1. The normalized spacial score (nSPS) is 15.3. The summed E-state index contributed by atoms with van der Waals surface area (Å²) in [6, 6.07) is 8.15. The number of ether oxygens (including phenoxy) is 1. The van der Waals surface area contributed by atoms with Crippen LogP contribution in [-0.2, 0) is 4.79 Å². The molecule has 35 heavy (non-hydrogen) atoms. The zero-order valence-electron chi connectivity index (χ0n) is 21.5. The minimum Gasteiger partial charge on any atom is -0.496 e. The smallest absolute Gasteiger partial charge is 0.212 e. The molecule has 1 fully saturated rings. The van der Waals surface area contributed by atoms with E-state index in [9.17, 15) is 4.79 Å². The van der Waals surface area contributed by atoms with E-state index < -0.39 is 0 Å². The molecule has 1 atom stereocenters. The van der Waals surface area contributed by atoms with E-state index in [2.05, 4.69) is 39.4 Å². The van der Waals surface area contributed by atoms with Crippen LogP contribution < -0.4 is 10.1 Å². The zero-order chi connectivity index (χ0) is 24.8. The van der Waals surface area contributed by atoms with Crippen molar-refractivity contribution in [3.8, 4) is 17.1 Å². The van der Waals surface area contributed by atoms with Crippen LogP contribution in [0, 0.1) is 12.8 Å². The SMILES string of the molecule is CCC(=O)CCCCCC(NCC1CN(C)C1)c1ncc(-c2cc3ccc(C)nc3cc2OC)o1. The molecule has 1 saturated heterocycles. The van der Waals surface area contributed by atoms with E-state index in [1.54, 1.807) is 13.3 Å². The Hall–Kier alpha value is -2.77. The number of benzene rings is 1. The average molecular weight is 479 g/mol. The highest BCUT2D eigenvalue weighted by atomic mass is 16.5. The Labute approximate surface area is 208 Å². The lowest BCUT2D eigenvalue weighted by Crippen LogP contribution is -2.48. The number of hydrogen-bond donors (Lipinski definition) is 1. The van der Waals surface area contributed by atoms with E-state index in [1.165, 1.54) is 0 Å². The number of methoxy groups -OCH3 is 1. The molecule has 1 N–H and O–H groups in total. The summed E-state index contributed by atoms with van der Waals surface area (Å²) < 4.78 is 12.0. The number of carbonyl (C=O) groups excluding carboxylic acids is 1. The van der Waals surface area contributed by atoms with Gasteiger partial charge in [-0.05, 0) is 44.9 Å². The first-order valence-corrected chi connectivity index (χ1v) is 12.8. The Kier molecular flexibility index (Phi) is 8.52. The molecule has 0 aliphatic carbocycles. The van der Waals surface area contributed by atoms with Crippen molar-refractivity contribution in [2.45, 2.75) is 58.4 Å². The number of oxazole rings is 1. The fourth-order valence-corrected chi connectivity index (χ4v) is 4.79. The lowest BCUT2D eigenvalue weighted by Gasteiger charge is -2.37.